The third kappa shape index (κ3) is 4.34. The van der Waals surface area contributed by atoms with Crippen molar-refractivity contribution >= 4 is 44.1 Å². The van der Waals surface area contributed by atoms with Gasteiger partial charge in [0, 0.05) is 10.4 Å². The lowest BCUT2D eigenvalue weighted by Crippen LogP contribution is -2.16. The van der Waals surface area contributed by atoms with E-state index in [1.54, 1.807) is 32.0 Å². The maximum atomic E-state index is 13.3. The first-order valence-electron chi connectivity index (χ1n) is 8.43. The highest BCUT2D eigenvalue weighted by molar-refractivity contribution is 9.10. The first-order valence-corrected chi connectivity index (χ1v) is 10.0. The largest absolute Gasteiger partial charge is 0.459 e. The van der Waals surface area contributed by atoms with Crippen molar-refractivity contribution in [2.75, 3.05) is 5.32 Å². The summed E-state index contributed by atoms with van der Waals surface area (Å²) in [6, 6.07) is 8.95. The van der Waals surface area contributed by atoms with Gasteiger partial charge in [0.2, 0.25) is 0 Å². The topological polar surface area (TPSA) is 68.5 Å². The molecule has 0 aliphatic carbocycles. The van der Waals surface area contributed by atoms with Gasteiger partial charge in [0.25, 0.3) is 5.91 Å². The molecule has 0 aliphatic heterocycles. The molecule has 0 unspecified atom stereocenters. The van der Waals surface area contributed by atoms with E-state index >= 15 is 0 Å². The van der Waals surface area contributed by atoms with Crippen molar-refractivity contribution in [3.63, 3.8) is 0 Å². The van der Waals surface area contributed by atoms with Crippen molar-refractivity contribution in [3.8, 4) is 11.1 Å². The van der Waals surface area contributed by atoms with Crippen LogP contribution in [0.2, 0.25) is 0 Å². The summed E-state index contributed by atoms with van der Waals surface area (Å²) in [5.41, 5.74) is 1.50. The quantitative estimate of drug-likeness (QED) is 0.466. The highest BCUT2D eigenvalue weighted by Crippen LogP contribution is 2.40. The number of benzene rings is 1. The number of ether oxygens (including phenoxy) is 1. The molecule has 5 nitrogen and oxygen atoms in total. The van der Waals surface area contributed by atoms with E-state index in [0.717, 1.165) is 4.88 Å². The molecule has 0 fully saturated rings. The van der Waals surface area contributed by atoms with Gasteiger partial charge in [0.05, 0.1) is 6.10 Å². The van der Waals surface area contributed by atoms with Crippen LogP contribution in [0.5, 0.6) is 0 Å². The standard InChI is InChI=1S/C20H17BrFNO4S/c1-10(2)26-20(25)17-16(12-4-6-13(22)7-5-12)11(3)28-19(17)23-18(24)14-8-9-15(21)27-14/h4-10H,1-3H3,(H,23,24). The second-order valence-corrected chi connectivity index (χ2v) is 8.26. The molecule has 1 N–H and O–H groups in total. The van der Waals surface area contributed by atoms with Gasteiger partial charge in [-0.15, -0.1) is 11.3 Å². The fourth-order valence-corrected chi connectivity index (χ4v) is 4.03. The molecule has 1 aromatic carbocycles. The van der Waals surface area contributed by atoms with E-state index < -0.39 is 11.9 Å². The van der Waals surface area contributed by atoms with Crippen LogP contribution in [0.3, 0.4) is 0 Å². The van der Waals surface area contributed by atoms with E-state index in [0.29, 0.717) is 20.8 Å². The smallest absolute Gasteiger partial charge is 0.342 e. The summed E-state index contributed by atoms with van der Waals surface area (Å²) in [7, 11) is 0. The third-order valence-electron chi connectivity index (χ3n) is 3.79. The Morgan fingerprint density at radius 2 is 1.86 bits per heavy atom. The number of rotatable bonds is 5. The van der Waals surface area contributed by atoms with Gasteiger partial charge in [-0.2, -0.15) is 0 Å². The minimum atomic E-state index is -0.561. The normalized spacial score (nSPS) is 10.9. The van der Waals surface area contributed by atoms with E-state index in [1.165, 1.54) is 29.5 Å². The van der Waals surface area contributed by atoms with E-state index in [9.17, 15) is 14.0 Å². The van der Waals surface area contributed by atoms with Crippen LogP contribution in [-0.2, 0) is 4.74 Å². The number of halogens is 2. The predicted octanol–water partition coefficient (Wildman–Crippen LogP) is 6.04. The minimum absolute atomic E-state index is 0.101. The number of amides is 1. The van der Waals surface area contributed by atoms with E-state index in [2.05, 4.69) is 21.2 Å². The summed E-state index contributed by atoms with van der Waals surface area (Å²) in [5.74, 6) is -1.32. The van der Waals surface area contributed by atoms with Gasteiger partial charge >= 0.3 is 5.97 Å². The summed E-state index contributed by atoms with van der Waals surface area (Å²) < 4.78 is 24.4. The van der Waals surface area contributed by atoms with Gasteiger partial charge in [-0.25, -0.2) is 9.18 Å². The minimum Gasteiger partial charge on any atom is -0.459 e. The van der Waals surface area contributed by atoms with E-state index in [-0.39, 0.29) is 23.2 Å². The number of hydrogen-bond donors (Lipinski definition) is 1. The molecular weight excluding hydrogens is 449 g/mol. The van der Waals surface area contributed by atoms with Crippen LogP contribution < -0.4 is 5.32 Å². The van der Waals surface area contributed by atoms with Crippen LogP contribution in [0.15, 0.2) is 45.5 Å². The van der Waals surface area contributed by atoms with Crippen molar-refractivity contribution in [1.29, 1.82) is 0 Å². The zero-order valence-electron chi connectivity index (χ0n) is 15.3. The zero-order valence-corrected chi connectivity index (χ0v) is 17.7. The van der Waals surface area contributed by atoms with Crippen LogP contribution in [0, 0.1) is 12.7 Å². The molecule has 0 saturated carbocycles. The predicted molar refractivity (Wildman–Crippen MR) is 109 cm³/mol. The molecule has 146 valence electrons. The first-order chi connectivity index (χ1) is 13.3. The summed E-state index contributed by atoms with van der Waals surface area (Å²) in [6.07, 6.45) is -0.335. The Morgan fingerprint density at radius 3 is 2.43 bits per heavy atom. The Balaban J connectivity index is 2.06. The molecule has 0 spiro atoms. The molecule has 1 amide bonds. The van der Waals surface area contributed by atoms with E-state index in [1.807, 2.05) is 6.92 Å². The number of thiophene rings is 1. The van der Waals surface area contributed by atoms with Crippen molar-refractivity contribution in [1.82, 2.24) is 0 Å². The second-order valence-electron chi connectivity index (χ2n) is 6.26. The monoisotopic (exact) mass is 465 g/mol. The average molecular weight is 466 g/mol. The number of carbonyl (C=O) groups is 2. The van der Waals surface area contributed by atoms with Crippen molar-refractivity contribution in [2.45, 2.75) is 26.9 Å². The fraction of sp³-hybridized carbons (Fsp3) is 0.200. The Labute approximate surface area is 173 Å². The van der Waals surface area contributed by atoms with Gasteiger partial charge < -0.3 is 14.5 Å². The molecule has 28 heavy (non-hydrogen) atoms. The number of hydrogen-bond acceptors (Lipinski definition) is 5. The Morgan fingerprint density at radius 1 is 1.18 bits per heavy atom. The maximum absolute atomic E-state index is 13.3. The second kappa shape index (κ2) is 8.28. The molecule has 2 aromatic heterocycles. The lowest BCUT2D eigenvalue weighted by Gasteiger charge is -2.11. The highest BCUT2D eigenvalue weighted by atomic mass is 79.9. The summed E-state index contributed by atoms with van der Waals surface area (Å²) in [5, 5.41) is 3.07. The lowest BCUT2D eigenvalue weighted by atomic mass is 10.0. The molecule has 8 heteroatoms. The van der Waals surface area contributed by atoms with Gasteiger partial charge in [-0.1, -0.05) is 12.1 Å². The molecule has 0 bridgehead atoms. The summed E-state index contributed by atoms with van der Waals surface area (Å²) in [4.78, 5) is 26.1. The third-order valence-corrected chi connectivity index (χ3v) is 5.23. The molecule has 3 rings (SSSR count). The van der Waals surface area contributed by atoms with Gasteiger partial charge in [0.1, 0.15) is 16.4 Å². The van der Waals surface area contributed by atoms with Gasteiger partial charge in [-0.05, 0) is 66.5 Å². The molecule has 0 atom stereocenters. The number of furan rings is 1. The van der Waals surface area contributed by atoms with Crippen molar-refractivity contribution in [2.24, 2.45) is 0 Å². The van der Waals surface area contributed by atoms with Crippen LogP contribution >= 0.6 is 27.3 Å². The Kier molecular flexibility index (Phi) is 6.00. The molecule has 3 aromatic rings. The van der Waals surface area contributed by atoms with Crippen LogP contribution in [0.4, 0.5) is 9.39 Å². The summed E-state index contributed by atoms with van der Waals surface area (Å²) >= 11 is 4.40. The fourth-order valence-electron chi connectivity index (χ4n) is 2.67. The molecule has 2 heterocycles. The molecule has 0 saturated heterocycles. The number of aryl methyl sites for hydroxylation is 1. The number of carbonyl (C=O) groups excluding carboxylic acids is 2. The van der Waals surface area contributed by atoms with Crippen LogP contribution in [0.1, 0.15) is 39.6 Å². The van der Waals surface area contributed by atoms with Crippen LogP contribution in [-0.4, -0.2) is 18.0 Å². The first kappa shape index (κ1) is 20.3. The van der Waals surface area contributed by atoms with Crippen LogP contribution in [0.25, 0.3) is 11.1 Å². The molecule has 0 radical (unpaired) electrons. The molecule has 0 aliphatic rings. The maximum Gasteiger partial charge on any atom is 0.342 e. The van der Waals surface area contributed by atoms with Crippen molar-refractivity contribution < 1.29 is 23.1 Å². The lowest BCUT2D eigenvalue weighted by molar-refractivity contribution is 0.0380. The number of nitrogens with one attached hydrogen (secondary N) is 1. The highest BCUT2D eigenvalue weighted by Gasteiger charge is 2.27. The van der Waals surface area contributed by atoms with Gasteiger partial charge in [-0.3, -0.25) is 4.79 Å². The number of esters is 1. The summed E-state index contributed by atoms with van der Waals surface area (Å²) in [6.45, 7) is 5.31. The Hall–Kier alpha value is -2.45. The van der Waals surface area contributed by atoms with E-state index in [4.69, 9.17) is 9.15 Å². The van der Waals surface area contributed by atoms with Gasteiger partial charge in [0.15, 0.2) is 10.4 Å². The SMILES string of the molecule is Cc1sc(NC(=O)c2ccc(Br)o2)c(C(=O)OC(C)C)c1-c1ccc(F)cc1. The number of anilines is 1. The average Bonchev–Trinajstić information content (AvgIpc) is 3.18. The Bertz CT molecular complexity index is 1020. The molecular formula is C20H17BrFNO4S. The zero-order chi connectivity index (χ0) is 20.4. The van der Waals surface area contributed by atoms with Crippen molar-refractivity contribution in [3.05, 3.63) is 63.1 Å².